The summed E-state index contributed by atoms with van der Waals surface area (Å²) in [6.45, 7) is 0.940. The molecule has 0 aliphatic carbocycles. The van der Waals surface area contributed by atoms with Gasteiger partial charge in [0.1, 0.15) is 6.04 Å². The van der Waals surface area contributed by atoms with Crippen LogP contribution in [0.1, 0.15) is 34.0 Å². The van der Waals surface area contributed by atoms with E-state index in [1.165, 1.54) is 29.7 Å². The molecular formula is C24H19F2N3O4. The van der Waals surface area contributed by atoms with E-state index in [4.69, 9.17) is 15.2 Å². The third kappa shape index (κ3) is 6.38. The zero-order valence-electron chi connectivity index (χ0n) is 17.6. The van der Waals surface area contributed by atoms with Crippen molar-refractivity contribution in [3.8, 4) is 29.8 Å². The van der Waals surface area contributed by atoms with Gasteiger partial charge in [0.15, 0.2) is 5.60 Å². The van der Waals surface area contributed by atoms with Crippen LogP contribution in [0.25, 0.3) is 0 Å². The highest BCUT2D eigenvalue weighted by atomic mass is 19.3. The van der Waals surface area contributed by atoms with Crippen LogP contribution in [0.2, 0.25) is 0 Å². The Kier molecular flexibility index (Phi) is 8.65. The van der Waals surface area contributed by atoms with E-state index >= 15 is 0 Å². The number of benzene rings is 2. The van der Waals surface area contributed by atoms with Crippen LogP contribution in [0.15, 0.2) is 48.5 Å². The molecule has 168 valence electrons. The highest BCUT2D eigenvalue weighted by molar-refractivity contribution is 5.97. The lowest BCUT2D eigenvalue weighted by molar-refractivity contribution is -0.157. The number of carbonyl (C=O) groups excluding carboxylic acids is 2. The van der Waals surface area contributed by atoms with Crippen molar-refractivity contribution in [3.63, 3.8) is 0 Å². The maximum absolute atomic E-state index is 13.4. The molecule has 0 aliphatic rings. The molecular weight excluding hydrogens is 432 g/mol. The van der Waals surface area contributed by atoms with Crippen LogP contribution < -0.4 is 10.8 Å². The minimum atomic E-state index is -3.13. The monoisotopic (exact) mass is 451 g/mol. The summed E-state index contributed by atoms with van der Waals surface area (Å²) < 4.78 is 31.7. The Morgan fingerprint density at radius 1 is 1.00 bits per heavy atom. The van der Waals surface area contributed by atoms with E-state index in [9.17, 15) is 18.4 Å². The third-order valence-electron chi connectivity index (χ3n) is 4.73. The topological polar surface area (TPSA) is 111 Å². The van der Waals surface area contributed by atoms with E-state index in [0.717, 1.165) is 14.0 Å². The number of methoxy groups -OCH3 is 1. The van der Waals surface area contributed by atoms with Crippen LogP contribution in [0.5, 0.6) is 0 Å². The second-order valence-corrected chi connectivity index (χ2v) is 6.84. The number of nitrogens with one attached hydrogen (secondary N) is 2. The maximum Gasteiger partial charge on any atom is 0.269 e. The van der Waals surface area contributed by atoms with Gasteiger partial charge in [-0.05, 0) is 67.3 Å². The van der Waals surface area contributed by atoms with Gasteiger partial charge in [0.05, 0.1) is 11.6 Å². The minimum absolute atomic E-state index is 0.0766. The summed E-state index contributed by atoms with van der Waals surface area (Å²) in [5.74, 6) is 8.89. The first kappa shape index (κ1) is 25.0. The molecule has 2 amide bonds. The number of nitriles is 1. The Hall–Kier alpha value is -4.23. The molecule has 2 rings (SSSR count). The lowest BCUT2D eigenvalue weighted by Gasteiger charge is -2.34. The fourth-order valence-corrected chi connectivity index (χ4v) is 2.62. The first-order valence-electron chi connectivity index (χ1n) is 9.45. The van der Waals surface area contributed by atoms with Crippen molar-refractivity contribution in [3.05, 3.63) is 70.8 Å². The standard InChI is InChI=1S/C24H19F2N3O4/c1-24(33-2,23(25)26)20(22(31)29-32)28-21(30)19-13-11-17(12-14-19)6-4-3-5-16-7-9-18(15-27)10-8-16/h7-14,20,23,32H,1-2H3,(H,28,30)(H,29,31). The van der Waals surface area contributed by atoms with Crippen molar-refractivity contribution in [1.82, 2.24) is 10.8 Å². The summed E-state index contributed by atoms with van der Waals surface area (Å²) >= 11 is 0. The second-order valence-electron chi connectivity index (χ2n) is 6.84. The van der Waals surface area contributed by atoms with Crippen molar-refractivity contribution in [2.75, 3.05) is 7.11 Å². The number of carbonyl (C=O) groups is 2. The van der Waals surface area contributed by atoms with E-state index in [1.54, 1.807) is 24.3 Å². The number of hydroxylamine groups is 1. The van der Waals surface area contributed by atoms with Gasteiger partial charge in [-0.3, -0.25) is 14.8 Å². The molecule has 2 unspecified atom stereocenters. The van der Waals surface area contributed by atoms with Crippen LogP contribution in [-0.4, -0.2) is 42.2 Å². The third-order valence-corrected chi connectivity index (χ3v) is 4.73. The number of alkyl halides is 2. The summed E-state index contributed by atoms with van der Waals surface area (Å²) in [6.07, 6.45) is -3.13. The van der Waals surface area contributed by atoms with Crippen LogP contribution in [-0.2, 0) is 9.53 Å². The van der Waals surface area contributed by atoms with E-state index in [2.05, 4.69) is 29.0 Å². The van der Waals surface area contributed by atoms with Crippen LogP contribution in [0.4, 0.5) is 8.78 Å². The highest BCUT2D eigenvalue weighted by Gasteiger charge is 2.48. The molecule has 2 aromatic rings. The van der Waals surface area contributed by atoms with Crippen molar-refractivity contribution in [2.24, 2.45) is 0 Å². The SMILES string of the molecule is COC(C)(C(F)F)C(NC(=O)c1ccc(C#CC#Cc2ccc(C#N)cc2)cc1)C(=O)NO. The molecule has 2 aromatic carbocycles. The molecule has 0 spiro atoms. The molecule has 0 saturated carbocycles. The van der Waals surface area contributed by atoms with Crippen LogP contribution >= 0.6 is 0 Å². The number of halogens is 2. The van der Waals surface area contributed by atoms with Gasteiger partial charge >= 0.3 is 0 Å². The number of amides is 2. The predicted molar refractivity (Wildman–Crippen MR) is 114 cm³/mol. The largest absolute Gasteiger partial charge is 0.370 e. The van der Waals surface area contributed by atoms with Gasteiger partial charge in [0.2, 0.25) is 0 Å². The summed E-state index contributed by atoms with van der Waals surface area (Å²) in [4.78, 5) is 24.4. The molecule has 3 N–H and O–H groups in total. The fourth-order valence-electron chi connectivity index (χ4n) is 2.62. The van der Waals surface area contributed by atoms with Crippen molar-refractivity contribution < 1.29 is 28.3 Å². The van der Waals surface area contributed by atoms with Gasteiger partial charge in [-0.15, -0.1) is 0 Å². The summed E-state index contributed by atoms with van der Waals surface area (Å²) in [5, 5.41) is 19.8. The molecule has 0 fully saturated rings. The van der Waals surface area contributed by atoms with Crippen molar-refractivity contribution in [1.29, 1.82) is 5.26 Å². The summed E-state index contributed by atoms with van der Waals surface area (Å²) in [6, 6.07) is 12.7. The Bertz CT molecular complexity index is 1170. The maximum atomic E-state index is 13.4. The fraction of sp³-hybridized carbons (Fsp3) is 0.208. The zero-order chi connectivity index (χ0) is 24.4. The Labute approximate surface area is 189 Å². The number of nitrogens with zero attached hydrogens (tertiary/aromatic N) is 1. The summed E-state index contributed by atoms with van der Waals surface area (Å²) in [7, 11) is 0.966. The molecule has 7 nitrogen and oxygen atoms in total. The van der Waals surface area contributed by atoms with E-state index in [0.29, 0.717) is 16.7 Å². The second kappa shape index (κ2) is 11.4. The van der Waals surface area contributed by atoms with Crippen LogP contribution in [0.3, 0.4) is 0 Å². The average molecular weight is 451 g/mol. The Balaban J connectivity index is 2.12. The lowest BCUT2D eigenvalue weighted by atomic mass is 9.95. The molecule has 2 atom stereocenters. The van der Waals surface area contributed by atoms with Gasteiger partial charge in [-0.25, -0.2) is 14.3 Å². The molecule has 0 saturated heterocycles. The zero-order valence-corrected chi connectivity index (χ0v) is 17.6. The van der Waals surface area contributed by atoms with Gasteiger partial charge in [-0.1, -0.05) is 11.8 Å². The number of hydrogen-bond acceptors (Lipinski definition) is 5. The van der Waals surface area contributed by atoms with Crippen LogP contribution in [0, 0.1) is 35.0 Å². The van der Waals surface area contributed by atoms with Gasteiger partial charge in [-0.2, -0.15) is 5.26 Å². The normalized spacial score (nSPS) is 12.6. The van der Waals surface area contributed by atoms with Gasteiger partial charge < -0.3 is 10.1 Å². The molecule has 0 bridgehead atoms. The Morgan fingerprint density at radius 2 is 1.48 bits per heavy atom. The molecule has 0 aromatic heterocycles. The van der Waals surface area contributed by atoms with Gasteiger partial charge in [0.25, 0.3) is 18.2 Å². The van der Waals surface area contributed by atoms with Crippen molar-refractivity contribution in [2.45, 2.75) is 25.0 Å². The minimum Gasteiger partial charge on any atom is -0.370 e. The molecule has 9 heteroatoms. The average Bonchev–Trinajstić information content (AvgIpc) is 2.84. The smallest absolute Gasteiger partial charge is 0.269 e. The lowest BCUT2D eigenvalue weighted by Crippen LogP contribution is -2.62. The number of ether oxygens (including phenoxy) is 1. The molecule has 0 aliphatic heterocycles. The molecule has 0 radical (unpaired) electrons. The number of rotatable bonds is 6. The summed E-state index contributed by atoms with van der Waals surface area (Å²) in [5.41, 5.74) is 0.730. The molecule has 33 heavy (non-hydrogen) atoms. The Morgan fingerprint density at radius 3 is 1.91 bits per heavy atom. The van der Waals surface area contributed by atoms with Gasteiger partial charge in [0, 0.05) is 23.8 Å². The van der Waals surface area contributed by atoms with E-state index < -0.39 is 29.9 Å². The van der Waals surface area contributed by atoms with Crippen molar-refractivity contribution >= 4 is 11.8 Å². The quantitative estimate of drug-likeness (QED) is 0.354. The predicted octanol–water partition coefficient (Wildman–Crippen LogP) is 2.24. The number of hydrogen-bond donors (Lipinski definition) is 3. The first-order valence-corrected chi connectivity index (χ1v) is 9.45. The highest BCUT2D eigenvalue weighted by Crippen LogP contribution is 2.24. The van der Waals surface area contributed by atoms with E-state index in [-0.39, 0.29) is 5.56 Å². The first-order chi connectivity index (χ1) is 15.7. The molecule has 0 heterocycles. The van der Waals surface area contributed by atoms with E-state index in [1.807, 2.05) is 6.07 Å².